The molecule has 0 bridgehead atoms. The van der Waals surface area contributed by atoms with Gasteiger partial charge in [0.15, 0.2) is 5.78 Å². The predicted octanol–water partition coefficient (Wildman–Crippen LogP) is 1.09. The quantitative estimate of drug-likeness (QED) is 0.566. The lowest BCUT2D eigenvalue weighted by Crippen LogP contribution is -2.58. The molecule has 0 saturated carbocycles. The Kier molecular flexibility index (Phi) is 16.2. The van der Waals surface area contributed by atoms with Crippen LogP contribution in [0.5, 0.6) is 0 Å². The van der Waals surface area contributed by atoms with Gasteiger partial charge in [0.25, 0.3) is 0 Å². The summed E-state index contributed by atoms with van der Waals surface area (Å²) in [7, 11) is 1.49. The van der Waals surface area contributed by atoms with Gasteiger partial charge in [-0.1, -0.05) is 34.6 Å². The molecule has 0 aromatic heterocycles. The maximum absolute atomic E-state index is 12.7. The molecule has 2 saturated heterocycles. The Morgan fingerprint density at radius 3 is 1.38 bits per heavy atom. The van der Waals surface area contributed by atoms with Gasteiger partial charge in [-0.05, 0) is 0 Å². The first-order valence-corrected chi connectivity index (χ1v) is 11.6. The van der Waals surface area contributed by atoms with E-state index in [0.717, 1.165) is 0 Å². The summed E-state index contributed by atoms with van der Waals surface area (Å²) in [6.07, 6.45) is 0.393. The molecular weight excluding hydrogens is 416 g/mol. The number of methoxy groups -OCH3 is 1. The molecule has 2 aliphatic heterocycles. The van der Waals surface area contributed by atoms with Crippen LogP contribution in [0.2, 0.25) is 0 Å². The molecule has 0 spiro atoms. The van der Waals surface area contributed by atoms with Crippen molar-refractivity contribution in [1.29, 1.82) is 0 Å². The first-order valence-electron chi connectivity index (χ1n) is 11.6. The normalized spacial score (nSPS) is 15.8. The van der Waals surface area contributed by atoms with Crippen molar-refractivity contribution in [1.82, 2.24) is 19.6 Å². The van der Waals surface area contributed by atoms with Crippen molar-refractivity contribution in [3.63, 3.8) is 0 Å². The fourth-order valence-corrected chi connectivity index (χ4v) is 3.15. The molecule has 0 radical (unpaired) electrons. The highest BCUT2D eigenvalue weighted by atomic mass is 16.5. The molecule has 2 fully saturated rings. The van der Waals surface area contributed by atoms with Crippen molar-refractivity contribution < 1.29 is 28.7 Å². The molecule has 4 amide bonds. The van der Waals surface area contributed by atoms with Gasteiger partial charge in [-0.15, -0.1) is 0 Å². The highest BCUT2D eigenvalue weighted by Crippen LogP contribution is 2.10. The van der Waals surface area contributed by atoms with E-state index in [2.05, 4.69) is 0 Å². The minimum atomic E-state index is -0.165. The van der Waals surface area contributed by atoms with Gasteiger partial charge < -0.3 is 29.1 Å². The summed E-state index contributed by atoms with van der Waals surface area (Å²) >= 11 is 0. The van der Waals surface area contributed by atoms with Crippen molar-refractivity contribution in [2.24, 2.45) is 0 Å². The van der Waals surface area contributed by atoms with E-state index in [1.54, 1.807) is 26.5 Å². The Labute approximate surface area is 192 Å². The van der Waals surface area contributed by atoms with E-state index in [0.29, 0.717) is 58.8 Å². The number of piperazine rings is 2. The fourth-order valence-electron chi connectivity index (χ4n) is 3.15. The van der Waals surface area contributed by atoms with E-state index in [1.807, 2.05) is 27.7 Å². The molecule has 0 aromatic rings. The number of rotatable bonds is 7. The Hall–Kier alpha value is -2.20. The standard InChI is InChI=1S/C18H30N4O6.2C2H6/c1-3-15(23)12-28-14-17(25)20-6-10-22(11-7-20)18(26)21-8-4-19(5-9-21)16(24)13-27-2;2*1-2/h3-14H2,1-2H3;2*1-2H3. The molecule has 0 aromatic carbocycles. The van der Waals surface area contributed by atoms with Gasteiger partial charge in [0.1, 0.15) is 19.8 Å². The van der Waals surface area contributed by atoms with E-state index in [-0.39, 0.29) is 43.4 Å². The second-order valence-electron chi connectivity index (χ2n) is 6.84. The number of hydrogen-bond donors (Lipinski definition) is 0. The average molecular weight is 459 g/mol. The number of nitrogens with zero attached hydrogens (tertiary/aromatic N) is 4. The van der Waals surface area contributed by atoms with Crippen molar-refractivity contribution in [3.05, 3.63) is 0 Å². The average Bonchev–Trinajstić information content (AvgIpc) is 2.86. The molecule has 32 heavy (non-hydrogen) atoms. The third-order valence-corrected chi connectivity index (χ3v) is 4.96. The SMILES string of the molecule is CC.CC.CCC(=O)COCC(=O)N1CCN(C(=O)N2CCN(C(=O)COC)CC2)CC1. The van der Waals surface area contributed by atoms with E-state index in [4.69, 9.17) is 9.47 Å². The number of amides is 4. The lowest BCUT2D eigenvalue weighted by Gasteiger charge is -2.40. The van der Waals surface area contributed by atoms with Crippen molar-refractivity contribution in [2.45, 2.75) is 41.0 Å². The van der Waals surface area contributed by atoms with Crippen LogP contribution >= 0.6 is 0 Å². The third-order valence-electron chi connectivity index (χ3n) is 4.96. The number of carbonyl (C=O) groups excluding carboxylic acids is 4. The first kappa shape index (κ1) is 29.8. The van der Waals surface area contributed by atoms with E-state index in [9.17, 15) is 19.2 Å². The summed E-state index contributed by atoms with van der Waals surface area (Å²) < 4.78 is 10.0. The number of ether oxygens (including phenoxy) is 2. The van der Waals surface area contributed by atoms with Crippen LogP contribution in [0.4, 0.5) is 4.79 Å². The molecule has 0 atom stereocenters. The van der Waals surface area contributed by atoms with Crippen LogP contribution in [0.25, 0.3) is 0 Å². The minimum Gasteiger partial charge on any atom is -0.375 e. The first-order chi connectivity index (χ1) is 15.5. The molecule has 10 heteroatoms. The van der Waals surface area contributed by atoms with Crippen LogP contribution in [-0.4, -0.2) is 123 Å². The molecule has 10 nitrogen and oxygen atoms in total. The minimum absolute atomic E-state index is 0.0350. The summed E-state index contributed by atoms with van der Waals surface area (Å²) in [5.74, 6) is -0.266. The van der Waals surface area contributed by atoms with Gasteiger partial charge in [0.05, 0.1) is 0 Å². The predicted molar refractivity (Wildman–Crippen MR) is 122 cm³/mol. The Morgan fingerprint density at radius 2 is 1.00 bits per heavy atom. The molecule has 2 rings (SSSR count). The molecular formula is C22H42N4O6. The van der Waals surface area contributed by atoms with Crippen molar-refractivity contribution in [2.75, 3.05) is 79.3 Å². The van der Waals surface area contributed by atoms with Crippen LogP contribution in [0.15, 0.2) is 0 Å². The summed E-state index contributed by atoms with van der Waals surface area (Å²) in [5, 5.41) is 0. The van der Waals surface area contributed by atoms with Gasteiger partial charge in [-0.2, -0.15) is 0 Å². The van der Waals surface area contributed by atoms with E-state index >= 15 is 0 Å². The zero-order valence-corrected chi connectivity index (χ0v) is 20.7. The zero-order valence-electron chi connectivity index (χ0n) is 20.7. The van der Waals surface area contributed by atoms with Crippen LogP contribution in [-0.2, 0) is 23.9 Å². The molecule has 2 heterocycles. The lowest BCUT2D eigenvalue weighted by molar-refractivity contribution is -0.139. The molecule has 0 aliphatic carbocycles. The van der Waals surface area contributed by atoms with Crippen LogP contribution < -0.4 is 0 Å². The van der Waals surface area contributed by atoms with Gasteiger partial charge >= 0.3 is 6.03 Å². The number of Topliss-reactive ketones (excluding diaryl/α,β-unsaturated/α-hetero) is 1. The number of carbonyl (C=O) groups is 4. The maximum Gasteiger partial charge on any atom is 0.320 e. The second kappa shape index (κ2) is 17.4. The lowest BCUT2D eigenvalue weighted by atomic mass is 10.3. The Balaban J connectivity index is 0.00000227. The maximum atomic E-state index is 12.7. The van der Waals surface area contributed by atoms with Crippen molar-refractivity contribution >= 4 is 23.6 Å². The number of urea groups is 1. The number of ketones is 1. The van der Waals surface area contributed by atoms with Crippen molar-refractivity contribution in [3.8, 4) is 0 Å². The smallest absolute Gasteiger partial charge is 0.320 e. The molecule has 0 N–H and O–H groups in total. The summed E-state index contributed by atoms with van der Waals surface area (Å²) in [6.45, 7) is 13.4. The van der Waals surface area contributed by atoms with Gasteiger partial charge in [0.2, 0.25) is 11.8 Å². The molecule has 186 valence electrons. The van der Waals surface area contributed by atoms with E-state index < -0.39 is 0 Å². The highest BCUT2D eigenvalue weighted by molar-refractivity contribution is 5.81. The van der Waals surface area contributed by atoms with Gasteiger partial charge in [-0.3, -0.25) is 14.4 Å². The monoisotopic (exact) mass is 458 g/mol. The molecule has 2 aliphatic rings. The fraction of sp³-hybridized carbons (Fsp3) is 0.818. The molecule has 0 unspecified atom stereocenters. The third kappa shape index (κ3) is 9.95. The van der Waals surface area contributed by atoms with Gasteiger partial charge in [0, 0.05) is 65.9 Å². The van der Waals surface area contributed by atoms with Crippen LogP contribution in [0.1, 0.15) is 41.0 Å². The van der Waals surface area contributed by atoms with Crippen LogP contribution in [0.3, 0.4) is 0 Å². The summed E-state index contributed by atoms with van der Waals surface area (Å²) in [6, 6.07) is -0.0595. The Morgan fingerprint density at radius 1 is 0.625 bits per heavy atom. The highest BCUT2D eigenvalue weighted by Gasteiger charge is 2.30. The number of hydrogen-bond acceptors (Lipinski definition) is 6. The second-order valence-corrected chi connectivity index (χ2v) is 6.84. The summed E-state index contributed by atoms with van der Waals surface area (Å²) in [4.78, 5) is 54.7. The summed E-state index contributed by atoms with van der Waals surface area (Å²) in [5.41, 5.74) is 0. The zero-order chi connectivity index (χ0) is 24.5. The Bertz CT molecular complexity index is 571. The van der Waals surface area contributed by atoms with E-state index in [1.165, 1.54) is 7.11 Å². The largest absolute Gasteiger partial charge is 0.375 e. The van der Waals surface area contributed by atoms with Crippen LogP contribution in [0, 0.1) is 0 Å². The van der Waals surface area contributed by atoms with Gasteiger partial charge in [-0.25, -0.2) is 4.79 Å². The topological polar surface area (TPSA) is 99.7 Å².